The van der Waals surface area contributed by atoms with Crippen LogP contribution in [0.5, 0.6) is 0 Å². The van der Waals surface area contributed by atoms with Gasteiger partial charge in [-0.15, -0.1) is 34.0 Å². The molecular formula is C21H31Br4Cl2N6OSe3. The molecule has 7 nitrogen and oxygen atoms in total. The summed E-state index contributed by atoms with van der Waals surface area (Å²) in [5, 5.41) is 33.1. The van der Waals surface area contributed by atoms with Gasteiger partial charge in [-0.25, -0.2) is 0 Å². The Morgan fingerprint density at radius 2 is 1.14 bits per heavy atom. The van der Waals surface area contributed by atoms with Gasteiger partial charge in [-0.3, -0.25) is 0 Å². The summed E-state index contributed by atoms with van der Waals surface area (Å²) >= 11 is 20.8. The predicted molar refractivity (Wildman–Crippen MR) is 182 cm³/mol. The molecule has 0 aliphatic heterocycles. The number of aliphatic hydroxyl groups is 1. The fourth-order valence-corrected chi connectivity index (χ4v) is 5.95. The Balaban J connectivity index is -0.000000235. The molecule has 2 aromatic rings. The molecule has 16 heteroatoms. The fraction of sp³-hybridized carbons (Fsp3) is 0.286. The first-order valence-corrected chi connectivity index (χ1v) is 17.6. The summed E-state index contributed by atoms with van der Waals surface area (Å²) in [6.07, 6.45) is 0. The Bertz CT molecular complexity index is 945. The first kappa shape index (κ1) is 44.9. The quantitative estimate of drug-likeness (QED) is 0.0869. The van der Waals surface area contributed by atoms with Crippen LogP contribution < -0.4 is 17.2 Å². The van der Waals surface area contributed by atoms with Crippen LogP contribution in [0.3, 0.4) is 0 Å². The standard InChI is InChI=1S/C10H13ClN4Se2.C8H7Br2Cl.C2H6O.CH3N2Se.2BrH/c11-8-2-1-6(4-16-9(12)13)7(3-8)5-17-10(14)15;9-4-6-1-2-8(11)3-7(6)5-10;1-2-3;2-1(3)4;;/h1-3H,4-5H2,(H3,12,13)(H3,14,15);1-3H,4-5H2;3H,2H2,1H3;(H3,2,3);2*1H. The second kappa shape index (κ2) is 28.4. The van der Waals surface area contributed by atoms with Crippen molar-refractivity contribution in [2.45, 2.75) is 28.2 Å². The van der Waals surface area contributed by atoms with Crippen LogP contribution in [0.2, 0.25) is 10.0 Å². The maximum absolute atomic E-state index is 7.57. The molecule has 0 unspecified atom stereocenters. The van der Waals surface area contributed by atoms with Crippen molar-refractivity contribution in [2.75, 3.05) is 6.61 Å². The van der Waals surface area contributed by atoms with Gasteiger partial charge < -0.3 is 5.11 Å². The van der Waals surface area contributed by atoms with Crippen LogP contribution in [0, 0.1) is 16.2 Å². The number of aliphatic hydroxyl groups excluding tert-OH is 1. The molecule has 0 saturated heterocycles. The molecule has 10 N–H and O–H groups in total. The van der Waals surface area contributed by atoms with E-state index in [2.05, 4.69) is 53.6 Å². The van der Waals surface area contributed by atoms with Crippen molar-refractivity contribution in [3.8, 4) is 0 Å². The topological polar surface area (TPSA) is 170 Å². The van der Waals surface area contributed by atoms with Gasteiger partial charge in [-0.2, -0.15) is 0 Å². The minimum absolute atomic E-state index is 0. The van der Waals surface area contributed by atoms with Crippen molar-refractivity contribution in [3.63, 3.8) is 0 Å². The molecule has 0 saturated carbocycles. The molecule has 2 aromatic carbocycles. The number of nitrogens with one attached hydrogen (secondary N) is 3. The van der Waals surface area contributed by atoms with Crippen LogP contribution >= 0.6 is 89.0 Å². The van der Waals surface area contributed by atoms with Gasteiger partial charge in [0.1, 0.15) is 0 Å². The monoisotopic (exact) mass is 1010 g/mol. The molecule has 2 rings (SSSR count). The molecule has 0 aliphatic rings. The average molecular weight is 1010 g/mol. The van der Waals surface area contributed by atoms with Crippen molar-refractivity contribution in [1.29, 1.82) is 16.2 Å². The van der Waals surface area contributed by atoms with Gasteiger partial charge in [0.05, 0.1) is 0 Å². The minimum atomic E-state index is -0.0251. The molecular weight excluding hydrogens is 980 g/mol. The number of alkyl halides is 2. The van der Waals surface area contributed by atoms with Crippen LogP contribution in [0.15, 0.2) is 36.4 Å². The Morgan fingerprint density at radius 3 is 1.49 bits per heavy atom. The Morgan fingerprint density at radius 1 is 0.811 bits per heavy atom. The van der Waals surface area contributed by atoms with Crippen molar-refractivity contribution in [2.24, 2.45) is 17.2 Å². The summed E-state index contributed by atoms with van der Waals surface area (Å²) in [6.45, 7) is 1.93. The van der Waals surface area contributed by atoms with Gasteiger partial charge in [0.2, 0.25) is 0 Å². The third-order valence-corrected chi connectivity index (χ3v) is 8.29. The van der Waals surface area contributed by atoms with E-state index in [1.807, 2.05) is 36.4 Å². The Hall–Kier alpha value is 0.868. The van der Waals surface area contributed by atoms with E-state index in [1.165, 1.54) is 11.1 Å². The zero-order chi connectivity index (χ0) is 27.4. The molecule has 0 spiro atoms. The summed E-state index contributed by atoms with van der Waals surface area (Å²) in [4.78, 5) is 0. The molecule has 0 amide bonds. The van der Waals surface area contributed by atoms with Gasteiger partial charge in [-0.05, 0) is 30.2 Å². The predicted octanol–water partition coefficient (Wildman–Crippen LogP) is 4.87. The Labute approximate surface area is 288 Å². The molecule has 0 aromatic heterocycles. The first-order chi connectivity index (χ1) is 16.4. The van der Waals surface area contributed by atoms with Crippen LogP contribution in [0.4, 0.5) is 0 Å². The molecule has 1 radical (unpaired) electrons. The SMILES string of the molecule is Br.Br.CCO.Clc1ccc(CBr)c(CBr)c1.N=C(N)[Se].N=C(N)[Se]Cc1ccc(Cl)cc1C[Se]C(=N)N. The fourth-order valence-electron chi connectivity index (χ4n) is 2.03. The van der Waals surface area contributed by atoms with E-state index < -0.39 is 0 Å². The molecule has 211 valence electrons. The average Bonchev–Trinajstić information content (AvgIpc) is 2.77. The number of rotatable bonds is 8. The summed E-state index contributed by atoms with van der Waals surface area (Å²) in [5.41, 5.74) is 20.2. The third-order valence-electron chi connectivity index (χ3n) is 3.39. The number of benzene rings is 2. The van der Waals surface area contributed by atoms with Crippen molar-refractivity contribution >= 4 is 149 Å². The van der Waals surface area contributed by atoms with Gasteiger partial charge in [0.25, 0.3) is 0 Å². The zero-order valence-electron chi connectivity index (χ0n) is 19.7. The molecule has 0 bridgehead atoms. The van der Waals surface area contributed by atoms with Crippen molar-refractivity contribution in [3.05, 3.63) is 68.7 Å². The third kappa shape index (κ3) is 26.8. The maximum atomic E-state index is 7.57. The molecule has 37 heavy (non-hydrogen) atoms. The van der Waals surface area contributed by atoms with E-state index >= 15 is 0 Å². The summed E-state index contributed by atoms with van der Waals surface area (Å²) in [6, 6.07) is 11.7. The number of hydrogen-bond acceptors (Lipinski definition) is 4. The summed E-state index contributed by atoms with van der Waals surface area (Å²) in [5.74, 6) is 0. The molecule has 0 fully saturated rings. The first-order valence-electron chi connectivity index (χ1n) is 9.63. The number of halogens is 6. The van der Waals surface area contributed by atoms with E-state index in [1.54, 1.807) is 6.92 Å². The number of nitrogens with two attached hydrogens (primary N) is 3. The van der Waals surface area contributed by atoms with Crippen molar-refractivity contribution < 1.29 is 5.11 Å². The van der Waals surface area contributed by atoms with E-state index in [-0.39, 0.29) is 84.7 Å². The normalized spacial score (nSPS) is 8.81. The Kier molecular flexibility index (Phi) is 34.4. The molecule has 0 atom stereocenters. The summed E-state index contributed by atoms with van der Waals surface area (Å²) < 4.78 is 0.524. The van der Waals surface area contributed by atoms with Gasteiger partial charge >= 0.3 is 150 Å². The second-order valence-corrected chi connectivity index (χ2v) is 13.3. The number of hydrogen-bond donors (Lipinski definition) is 7. The van der Waals surface area contributed by atoms with Crippen LogP contribution in [-0.2, 0) is 21.3 Å². The van der Waals surface area contributed by atoms with Gasteiger partial charge in [0.15, 0.2) is 0 Å². The van der Waals surface area contributed by atoms with Gasteiger partial charge in [0, 0.05) is 22.3 Å². The van der Waals surface area contributed by atoms with E-state index in [0.717, 1.165) is 37.4 Å². The second-order valence-electron chi connectivity index (χ2n) is 6.08. The zero-order valence-corrected chi connectivity index (χ0v) is 33.0. The molecule has 0 heterocycles. The van der Waals surface area contributed by atoms with Crippen LogP contribution in [0.1, 0.15) is 29.2 Å². The van der Waals surface area contributed by atoms with Crippen molar-refractivity contribution in [1.82, 2.24) is 0 Å². The van der Waals surface area contributed by atoms with E-state index in [4.69, 9.17) is 56.0 Å². The van der Waals surface area contributed by atoms with Crippen LogP contribution in [0.25, 0.3) is 0 Å². The molecule has 0 aliphatic carbocycles. The summed E-state index contributed by atoms with van der Waals surface area (Å²) in [7, 11) is 0. The van der Waals surface area contributed by atoms with E-state index in [9.17, 15) is 0 Å². The van der Waals surface area contributed by atoms with Crippen LogP contribution in [-0.4, -0.2) is 71.8 Å². The number of amidine groups is 3. The van der Waals surface area contributed by atoms with E-state index in [0.29, 0.717) is 5.02 Å². The van der Waals surface area contributed by atoms with Gasteiger partial charge in [-0.1, -0.05) is 49.5 Å².